The highest BCUT2D eigenvalue weighted by Gasteiger charge is 1.99. The van der Waals surface area contributed by atoms with Gasteiger partial charge < -0.3 is 4.74 Å². The average Bonchev–Trinajstić information content (AvgIpc) is 2.41. The molecule has 1 aromatic heterocycles. The number of unbranched alkanes of at least 4 members (excludes halogenated alkanes) is 1. The van der Waals surface area contributed by atoms with Crippen LogP contribution in [0.15, 0.2) is 48.7 Å². The Balaban J connectivity index is 2.03. The standard InChI is InChI=1S/C15H17NO/c1-2-3-11-17-14-9-10-15(16-12-14)13-7-5-4-6-8-13/h4-10,12H,2-3,11H2,1H3. The minimum Gasteiger partial charge on any atom is -0.492 e. The Labute approximate surface area is 102 Å². The van der Waals surface area contributed by atoms with E-state index in [-0.39, 0.29) is 0 Å². The van der Waals surface area contributed by atoms with Crippen molar-refractivity contribution in [2.45, 2.75) is 19.8 Å². The first-order valence-corrected chi connectivity index (χ1v) is 6.04. The van der Waals surface area contributed by atoms with E-state index in [2.05, 4.69) is 24.0 Å². The lowest BCUT2D eigenvalue weighted by Crippen LogP contribution is -1.96. The summed E-state index contributed by atoms with van der Waals surface area (Å²) in [5, 5.41) is 0. The maximum absolute atomic E-state index is 5.57. The van der Waals surface area contributed by atoms with Gasteiger partial charge in [-0.2, -0.15) is 0 Å². The van der Waals surface area contributed by atoms with Gasteiger partial charge in [-0.25, -0.2) is 0 Å². The predicted molar refractivity (Wildman–Crippen MR) is 70.1 cm³/mol. The summed E-state index contributed by atoms with van der Waals surface area (Å²) in [4.78, 5) is 4.40. The second-order valence-corrected chi connectivity index (χ2v) is 3.95. The molecule has 0 aliphatic carbocycles. The van der Waals surface area contributed by atoms with Crippen molar-refractivity contribution in [2.24, 2.45) is 0 Å². The smallest absolute Gasteiger partial charge is 0.137 e. The van der Waals surface area contributed by atoms with Crippen LogP contribution in [0.1, 0.15) is 19.8 Å². The minimum atomic E-state index is 0.767. The Morgan fingerprint density at radius 2 is 1.88 bits per heavy atom. The normalized spacial score (nSPS) is 10.2. The number of nitrogens with zero attached hydrogens (tertiary/aromatic N) is 1. The van der Waals surface area contributed by atoms with Crippen LogP contribution in [0.25, 0.3) is 11.3 Å². The molecule has 2 heteroatoms. The van der Waals surface area contributed by atoms with Crippen molar-refractivity contribution in [1.82, 2.24) is 4.98 Å². The third-order valence-electron chi connectivity index (χ3n) is 2.57. The van der Waals surface area contributed by atoms with Crippen molar-refractivity contribution in [3.05, 3.63) is 48.7 Å². The van der Waals surface area contributed by atoms with Gasteiger partial charge >= 0.3 is 0 Å². The van der Waals surface area contributed by atoms with Gasteiger partial charge in [0, 0.05) is 5.56 Å². The first-order chi connectivity index (χ1) is 8.40. The highest BCUT2D eigenvalue weighted by atomic mass is 16.5. The van der Waals surface area contributed by atoms with Crippen molar-refractivity contribution in [3.63, 3.8) is 0 Å². The van der Waals surface area contributed by atoms with Gasteiger partial charge in [0.25, 0.3) is 0 Å². The van der Waals surface area contributed by atoms with Crippen LogP contribution in [0.3, 0.4) is 0 Å². The number of ether oxygens (including phenoxy) is 1. The first kappa shape index (κ1) is 11.6. The Kier molecular flexibility index (Phi) is 4.14. The quantitative estimate of drug-likeness (QED) is 0.722. The first-order valence-electron chi connectivity index (χ1n) is 6.04. The van der Waals surface area contributed by atoms with Crippen molar-refractivity contribution >= 4 is 0 Å². The van der Waals surface area contributed by atoms with Gasteiger partial charge in [0.1, 0.15) is 5.75 Å². The molecule has 2 nitrogen and oxygen atoms in total. The van der Waals surface area contributed by atoms with Gasteiger partial charge in [-0.05, 0) is 18.6 Å². The summed E-state index contributed by atoms with van der Waals surface area (Å²) in [6, 6.07) is 14.1. The molecule has 2 rings (SSSR count). The SMILES string of the molecule is CCCCOc1ccc(-c2ccccc2)nc1. The molecule has 0 saturated carbocycles. The van der Waals surface area contributed by atoms with Crippen molar-refractivity contribution in [2.75, 3.05) is 6.61 Å². The molecule has 0 N–H and O–H groups in total. The minimum absolute atomic E-state index is 0.767. The van der Waals surface area contributed by atoms with E-state index in [0.717, 1.165) is 36.5 Å². The fourth-order valence-corrected chi connectivity index (χ4v) is 1.58. The zero-order chi connectivity index (χ0) is 11.9. The summed E-state index contributed by atoms with van der Waals surface area (Å²) in [6.45, 7) is 2.92. The molecule has 0 spiro atoms. The molecule has 0 amide bonds. The van der Waals surface area contributed by atoms with Gasteiger partial charge in [0.2, 0.25) is 0 Å². The second-order valence-electron chi connectivity index (χ2n) is 3.95. The fraction of sp³-hybridized carbons (Fsp3) is 0.267. The number of hydrogen-bond acceptors (Lipinski definition) is 2. The third-order valence-corrected chi connectivity index (χ3v) is 2.57. The van der Waals surface area contributed by atoms with Crippen LogP contribution in [0.2, 0.25) is 0 Å². The second kappa shape index (κ2) is 6.04. The molecule has 2 aromatic rings. The van der Waals surface area contributed by atoms with E-state index in [0.29, 0.717) is 0 Å². The zero-order valence-electron chi connectivity index (χ0n) is 10.1. The number of hydrogen-bond donors (Lipinski definition) is 0. The summed E-state index contributed by atoms with van der Waals surface area (Å²) < 4.78 is 5.57. The van der Waals surface area contributed by atoms with Gasteiger partial charge in [-0.15, -0.1) is 0 Å². The van der Waals surface area contributed by atoms with E-state index >= 15 is 0 Å². The van der Waals surface area contributed by atoms with Crippen LogP contribution in [0.5, 0.6) is 5.75 Å². The van der Waals surface area contributed by atoms with Crippen LogP contribution < -0.4 is 4.74 Å². The maximum atomic E-state index is 5.57. The van der Waals surface area contributed by atoms with E-state index in [4.69, 9.17) is 4.74 Å². The molecule has 0 bridgehead atoms. The molecule has 0 fully saturated rings. The molecule has 1 heterocycles. The maximum Gasteiger partial charge on any atom is 0.137 e. The lowest BCUT2D eigenvalue weighted by Gasteiger charge is -2.05. The molecular formula is C15H17NO. The molecule has 0 aliphatic rings. The van der Waals surface area contributed by atoms with Crippen LogP contribution in [-0.4, -0.2) is 11.6 Å². The van der Waals surface area contributed by atoms with E-state index in [1.807, 2.05) is 30.3 Å². The van der Waals surface area contributed by atoms with Gasteiger partial charge in [-0.3, -0.25) is 4.98 Å². The van der Waals surface area contributed by atoms with E-state index in [9.17, 15) is 0 Å². The summed E-state index contributed by atoms with van der Waals surface area (Å²) in [5.41, 5.74) is 2.11. The van der Waals surface area contributed by atoms with E-state index in [1.165, 1.54) is 0 Å². The van der Waals surface area contributed by atoms with Crippen molar-refractivity contribution in [3.8, 4) is 17.0 Å². The summed E-state index contributed by atoms with van der Waals surface area (Å²) in [7, 11) is 0. The summed E-state index contributed by atoms with van der Waals surface area (Å²) in [6.07, 6.45) is 4.02. The van der Waals surface area contributed by atoms with Crippen molar-refractivity contribution < 1.29 is 4.74 Å². The van der Waals surface area contributed by atoms with Crippen LogP contribution in [-0.2, 0) is 0 Å². The monoisotopic (exact) mass is 227 g/mol. The molecule has 17 heavy (non-hydrogen) atoms. The Hall–Kier alpha value is -1.83. The van der Waals surface area contributed by atoms with Gasteiger partial charge in [-0.1, -0.05) is 43.7 Å². The van der Waals surface area contributed by atoms with Crippen LogP contribution >= 0.6 is 0 Å². The summed E-state index contributed by atoms with van der Waals surface area (Å²) >= 11 is 0. The van der Waals surface area contributed by atoms with Crippen molar-refractivity contribution in [1.29, 1.82) is 0 Å². The topological polar surface area (TPSA) is 22.1 Å². The molecule has 88 valence electrons. The predicted octanol–water partition coefficient (Wildman–Crippen LogP) is 3.93. The largest absolute Gasteiger partial charge is 0.492 e. The van der Waals surface area contributed by atoms with E-state index in [1.54, 1.807) is 6.20 Å². The lowest BCUT2D eigenvalue weighted by atomic mass is 10.1. The lowest BCUT2D eigenvalue weighted by molar-refractivity contribution is 0.308. The molecule has 0 radical (unpaired) electrons. The number of pyridine rings is 1. The van der Waals surface area contributed by atoms with Gasteiger partial charge in [0.15, 0.2) is 0 Å². The highest BCUT2D eigenvalue weighted by molar-refractivity contribution is 5.58. The average molecular weight is 227 g/mol. The Bertz CT molecular complexity index is 436. The van der Waals surface area contributed by atoms with Crippen LogP contribution in [0, 0.1) is 0 Å². The molecule has 0 aliphatic heterocycles. The zero-order valence-corrected chi connectivity index (χ0v) is 10.1. The number of benzene rings is 1. The fourth-order valence-electron chi connectivity index (χ4n) is 1.58. The summed E-state index contributed by atoms with van der Waals surface area (Å²) in [5.74, 6) is 0.845. The molecular weight excluding hydrogens is 210 g/mol. The van der Waals surface area contributed by atoms with E-state index < -0.39 is 0 Å². The third kappa shape index (κ3) is 3.31. The van der Waals surface area contributed by atoms with Crippen LogP contribution in [0.4, 0.5) is 0 Å². The molecule has 0 saturated heterocycles. The number of aromatic nitrogens is 1. The Morgan fingerprint density at radius 1 is 1.06 bits per heavy atom. The number of rotatable bonds is 5. The van der Waals surface area contributed by atoms with Gasteiger partial charge in [0.05, 0.1) is 18.5 Å². The Morgan fingerprint density at radius 3 is 2.53 bits per heavy atom. The molecule has 1 aromatic carbocycles. The highest BCUT2D eigenvalue weighted by Crippen LogP contribution is 2.18. The molecule has 0 unspecified atom stereocenters. The molecule has 0 atom stereocenters.